The van der Waals surface area contributed by atoms with Gasteiger partial charge in [-0.3, -0.25) is 0 Å². The molecular formula is C14H20N6. The van der Waals surface area contributed by atoms with Gasteiger partial charge in [0.1, 0.15) is 11.6 Å². The predicted octanol–water partition coefficient (Wildman–Crippen LogP) is 1.48. The molecule has 2 aromatic heterocycles. The molecule has 0 saturated carbocycles. The Morgan fingerprint density at radius 2 is 2.20 bits per heavy atom. The molecule has 1 aliphatic heterocycles. The second kappa shape index (κ2) is 5.11. The molecule has 3 heterocycles. The van der Waals surface area contributed by atoms with Crippen molar-refractivity contribution >= 4 is 11.8 Å². The Bertz CT molecular complexity index is 585. The Hall–Kier alpha value is -2.11. The molecule has 6 heteroatoms. The molecule has 1 fully saturated rings. The van der Waals surface area contributed by atoms with E-state index in [1.807, 2.05) is 32.4 Å². The second-order valence-corrected chi connectivity index (χ2v) is 5.41. The highest BCUT2D eigenvalue weighted by Gasteiger charge is 2.25. The maximum atomic E-state index is 5.75. The van der Waals surface area contributed by atoms with E-state index in [1.165, 1.54) is 6.42 Å². The zero-order chi connectivity index (χ0) is 14.1. The minimum atomic E-state index is 0.346. The van der Waals surface area contributed by atoms with E-state index < -0.39 is 0 Å². The van der Waals surface area contributed by atoms with Crippen molar-refractivity contribution in [3.05, 3.63) is 30.0 Å². The Morgan fingerprint density at radius 1 is 1.35 bits per heavy atom. The fourth-order valence-corrected chi connectivity index (χ4v) is 2.90. The summed E-state index contributed by atoms with van der Waals surface area (Å²) >= 11 is 0. The van der Waals surface area contributed by atoms with Gasteiger partial charge in [-0.05, 0) is 19.8 Å². The van der Waals surface area contributed by atoms with Crippen LogP contribution in [0.1, 0.15) is 30.3 Å². The van der Waals surface area contributed by atoms with Crippen molar-refractivity contribution in [2.24, 2.45) is 7.05 Å². The maximum Gasteiger partial charge on any atom is 0.222 e. The summed E-state index contributed by atoms with van der Waals surface area (Å²) in [6, 6.07) is 2.00. The van der Waals surface area contributed by atoms with Crippen LogP contribution in [-0.4, -0.2) is 32.6 Å². The molecule has 2 aromatic rings. The minimum absolute atomic E-state index is 0.346. The quantitative estimate of drug-likeness (QED) is 0.896. The molecular weight excluding hydrogens is 252 g/mol. The molecule has 0 aromatic carbocycles. The van der Waals surface area contributed by atoms with Crippen LogP contribution in [-0.2, 0) is 7.05 Å². The first-order chi connectivity index (χ1) is 9.63. The standard InChI is InChI=1S/C14H20N6/c1-10-8-12(18-14(15)17-10)20-6-3-4-11(9-20)13-16-5-7-19(13)2/h5,7-8,11H,3-4,6,9H2,1-2H3,(H2,15,17,18)/t11-/m1/s1. The van der Waals surface area contributed by atoms with Gasteiger partial charge in [-0.15, -0.1) is 0 Å². The van der Waals surface area contributed by atoms with Crippen LogP contribution in [0.2, 0.25) is 0 Å². The Morgan fingerprint density at radius 3 is 2.90 bits per heavy atom. The van der Waals surface area contributed by atoms with Crippen molar-refractivity contribution in [1.82, 2.24) is 19.5 Å². The highest BCUT2D eigenvalue weighted by Crippen LogP contribution is 2.28. The van der Waals surface area contributed by atoms with E-state index in [4.69, 9.17) is 5.73 Å². The summed E-state index contributed by atoms with van der Waals surface area (Å²) < 4.78 is 2.10. The molecule has 0 amide bonds. The Labute approximate surface area is 118 Å². The Kier molecular flexibility index (Phi) is 3.30. The van der Waals surface area contributed by atoms with Gasteiger partial charge in [0.05, 0.1) is 0 Å². The number of hydrogen-bond acceptors (Lipinski definition) is 5. The van der Waals surface area contributed by atoms with Crippen LogP contribution in [0.5, 0.6) is 0 Å². The van der Waals surface area contributed by atoms with Gasteiger partial charge in [-0.2, -0.15) is 4.98 Å². The first-order valence-corrected chi connectivity index (χ1v) is 6.97. The third kappa shape index (κ3) is 2.45. The van der Waals surface area contributed by atoms with E-state index in [2.05, 4.69) is 24.4 Å². The normalized spacial score (nSPS) is 19.3. The zero-order valence-electron chi connectivity index (χ0n) is 12.0. The smallest absolute Gasteiger partial charge is 0.222 e. The number of nitrogens with two attached hydrogens (primary N) is 1. The lowest BCUT2D eigenvalue weighted by atomic mass is 9.97. The van der Waals surface area contributed by atoms with E-state index in [-0.39, 0.29) is 0 Å². The van der Waals surface area contributed by atoms with Crippen molar-refractivity contribution in [3.63, 3.8) is 0 Å². The van der Waals surface area contributed by atoms with Crippen LogP contribution in [0, 0.1) is 6.92 Å². The lowest BCUT2D eigenvalue weighted by Crippen LogP contribution is -2.36. The third-order valence-electron chi connectivity index (χ3n) is 3.83. The number of nitrogens with zero attached hydrogens (tertiary/aromatic N) is 5. The third-order valence-corrected chi connectivity index (χ3v) is 3.83. The molecule has 0 spiro atoms. The fraction of sp³-hybridized carbons (Fsp3) is 0.500. The Balaban J connectivity index is 1.83. The van der Waals surface area contributed by atoms with Crippen LogP contribution in [0.4, 0.5) is 11.8 Å². The number of aromatic nitrogens is 4. The van der Waals surface area contributed by atoms with E-state index in [0.29, 0.717) is 11.9 Å². The van der Waals surface area contributed by atoms with Gasteiger partial charge in [0.25, 0.3) is 0 Å². The van der Waals surface area contributed by atoms with Gasteiger partial charge in [-0.25, -0.2) is 9.97 Å². The monoisotopic (exact) mass is 272 g/mol. The van der Waals surface area contributed by atoms with Crippen LogP contribution in [0.15, 0.2) is 18.5 Å². The molecule has 1 saturated heterocycles. The molecule has 1 aliphatic rings. The summed E-state index contributed by atoms with van der Waals surface area (Å²) in [5.74, 6) is 2.86. The number of imidazole rings is 1. The lowest BCUT2D eigenvalue weighted by molar-refractivity contribution is 0.479. The molecule has 1 atom stereocenters. The molecule has 20 heavy (non-hydrogen) atoms. The number of nitrogen functional groups attached to an aromatic ring is 1. The van der Waals surface area contributed by atoms with Gasteiger partial charge in [0.15, 0.2) is 0 Å². The van der Waals surface area contributed by atoms with Crippen molar-refractivity contribution in [1.29, 1.82) is 0 Å². The average molecular weight is 272 g/mol. The summed E-state index contributed by atoms with van der Waals surface area (Å²) in [7, 11) is 2.05. The molecule has 6 nitrogen and oxygen atoms in total. The van der Waals surface area contributed by atoms with Crippen LogP contribution in [0.25, 0.3) is 0 Å². The lowest BCUT2D eigenvalue weighted by Gasteiger charge is -2.33. The van der Waals surface area contributed by atoms with E-state index >= 15 is 0 Å². The largest absolute Gasteiger partial charge is 0.368 e. The molecule has 0 bridgehead atoms. The fourth-order valence-electron chi connectivity index (χ4n) is 2.90. The van der Waals surface area contributed by atoms with Crippen molar-refractivity contribution in [3.8, 4) is 0 Å². The van der Waals surface area contributed by atoms with Gasteiger partial charge in [0, 0.05) is 50.2 Å². The first-order valence-electron chi connectivity index (χ1n) is 6.97. The van der Waals surface area contributed by atoms with E-state index in [1.54, 1.807) is 0 Å². The molecule has 0 aliphatic carbocycles. The molecule has 106 valence electrons. The molecule has 0 unspecified atom stereocenters. The van der Waals surface area contributed by atoms with Crippen LogP contribution < -0.4 is 10.6 Å². The molecule has 2 N–H and O–H groups in total. The van der Waals surface area contributed by atoms with Crippen molar-refractivity contribution < 1.29 is 0 Å². The van der Waals surface area contributed by atoms with Crippen LogP contribution >= 0.6 is 0 Å². The maximum absolute atomic E-state index is 5.75. The number of anilines is 2. The molecule has 3 rings (SSSR count). The highest BCUT2D eigenvalue weighted by molar-refractivity contribution is 5.44. The summed E-state index contributed by atoms with van der Waals surface area (Å²) in [5, 5.41) is 0. The number of piperidine rings is 1. The number of aryl methyl sites for hydroxylation is 2. The second-order valence-electron chi connectivity index (χ2n) is 5.41. The highest BCUT2D eigenvalue weighted by atomic mass is 15.2. The average Bonchev–Trinajstić information content (AvgIpc) is 2.84. The van der Waals surface area contributed by atoms with Gasteiger partial charge < -0.3 is 15.2 Å². The number of hydrogen-bond donors (Lipinski definition) is 1. The van der Waals surface area contributed by atoms with Crippen molar-refractivity contribution in [2.45, 2.75) is 25.7 Å². The summed E-state index contributed by atoms with van der Waals surface area (Å²) in [4.78, 5) is 15.3. The molecule has 0 radical (unpaired) electrons. The first kappa shape index (κ1) is 12.9. The van der Waals surface area contributed by atoms with E-state index in [9.17, 15) is 0 Å². The summed E-state index contributed by atoms with van der Waals surface area (Å²) in [6.45, 7) is 3.89. The predicted molar refractivity (Wildman–Crippen MR) is 78.6 cm³/mol. The summed E-state index contributed by atoms with van der Waals surface area (Å²) in [6.07, 6.45) is 6.17. The van der Waals surface area contributed by atoms with E-state index in [0.717, 1.165) is 36.8 Å². The van der Waals surface area contributed by atoms with Crippen LogP contribution in [0.3, 0.4) is 0 Å². The summed E-state index contributed by atoms with van der Waals surface area (Å²) in [5.41, 5.74) is 6.66. The zero-order valence-corrected chi connectivity index (χ0v) is 12.0. The SMILES string of the molecule is Cc1cc(N2CCC[C@@H](c3nccn3C)C2)nc(N)n1. The van der Waals surface area contributed by atoms with Gasteiger partial charge in [-0.1, -0.05) is 0 Å². The number of rotatable bonds is 2. The topological polar surface area (TPSA) is 72.9 Å². The van der Waals surface area contributed by atoms with Gasteiger partial charge in [0.2, 0.25) is 5.95 Å². The minimum Gasteiger partial charge on any atom is -0.368 e. The van der Waals surface area contributed by atoms with Gasteiger partial charge >= 0.3 is 0 Å². The van der Waals surface area contributed by atoms with Crippen molar-refractivity contribution in [2.75, 3.05) is 23.7 Å².